The van der Waals surface area contributed by atoms with Crippen LogP contribution < -0.4 is 0 Å². The quantitative estimate of drug-likeness (QED) is 0.674. The Morgan fingerprint density at radius 2 is 2.42 bits per heavy atom. The van der Waals surface area contributed by atoms with Crippen LogP contribution in [-0.4, -0.2) is 10.8 Å². The minimum Gasteiger partial charge on any atom is -0.292 e. The van der Waals surface area contributed by atoms with E-state index >= 15 is 0 Å². The summed E-state index contributed by atoms with van der Waals surface area (Å²) in [5.41, 5.74) is 1.05. The number of carbonyl (C=O) groups excluding carboxylic acids is 1. The Morgan fingerprint density at radius 1 is 1.75 bits per heavy atom. The van der Waals surface area contributed by atoms with Crippen LogP contribution in [0, 0.1) is 0 Å². The van der Waals surface area contributed by atoms with E-state index in [0.29, 0.717) is 10.9 Å². The summed E-state index contributed by atoms with van der Waals surface area (Å²) in [4.78, 5) is 15.2. The second kappa shape index (κ2) is 3.81. The van der Waals surface area contributed by atoms with Crippen molar-refractivity contribution in [3.05, 3.63) is 16.1 Å². The zero-order valence-corrected chi connectivity index (χ0v) is 8.44. The SMILES string of the molecule is CCC(C)c1csc(C(C)=O)n1. The van der Waals surface area contributed by atoms with E-state index in [-0.39, 0.29) is 5.78 Å². The van der Waals surface area contributed by atoms with Crippen molar-refractivity contribution in [2.75, 3.05) is 0 Å². The molecular formula is C9H13NOS. The molecule has 0 saturated heterocycles. The van der Waals surface area contributed by atoms with E-state index in [4.69, 9.17) is 0 Å². The predicted octanol–water partition coefficient (Wildman–Crippen LogP) is 2.86. The van der Waals surface area contributed by atoms with Crippen LogP contribution in [0.2, 0.25) is 0 Å². The predicted molar refractivity (Wildman–Crippen MR) is 50.8 cm³/mol. The molecule has 1 unspecified atom stereocenters. The van der Waals surface area contributed by atoms with Crippen molar-refractivity contribution in [2.24, 2.45) is 0 Å². The fourth-order valence-electron chi connectivity index (χ4n) is 0.883. The number of thiazole rings is 1. The average molecular weight is 183 g/mol. The summed E-state index contributed by atoms with van der Waals surface area (Å²) in [6.45, 7) is 5.80. The Labute approximate surface area is 76.6 Å². The number of nitrogens with zero attached hydrogens (tertiary/aromatic N) is 1. The van der Waals surface area contributed by atoms with Crippen molar-refractivity contribution < 1.29 is 4.79 Å². The molecule has 0 bridgehead atoms. The standard InChI is InChI=1S/C9H13NOS/c1-4-6(2)8-5-12-9(10-8)7(3)11/h5-6H,4H2,1-3H3. The molecule has 1 atom stereocenters. The van der Waals surface area contributed by atoms with Gasteiger partial charge >= 0.3 is 0 Å². The smallest absolute Gasteiger partial charge is 0.188 e. The third kappa shape index (κ3) is 1.91. The maximum absolute atomic E-state index is 10.9. The van der Waals surface area contributed by atoms with Crippen molar-refractivity contribution in [3.63, 3.8) is 0 Å². The van der Waals surface area contributed by atoms with Gasteiger partial charge in [0.25, 0.3) is 0 Å². The van der Waals surface area contributed by atoms with Crippen LogP contribution in [0.3, 0.4) is 0 Å². The highest BCUT2D eigenvalue weighted by Crippen LogP contribution is 2.20. The molecule has 0 radical (unpaired) electrons. The van der Waals surface area contributed by atoms with E-state index in [1.807, 2.05) is 5.38 Å². The fourth-order valence-corrected chi connectivity index (χ4v) is 1.72. The fraction of sp³-hybridized carbons (Fsp3) is 0.556. The van der Waals surface area contributed by atoms with E-state index in [9.17, 15) is 4.79 Å². The Balaban J connectivity index is 2.84. The molecular weight excluding hydrogens is 170 g/mol. The topological polar surface area (TPSA) is 30.0 Å². The third-order valence-electron chi connectivity index (χ3n) is 1.94. The largest absolute Gasteiger partial charge is 0.292 e. The van der Waals surface area contributed by atoms with E-state index in [0.717, 1.165) is 12.1 Å². The highest BCUT2D eigenvalue weighted by Gasteiger charge is 2.09. The van der Waals surface area contributed by atoms with Gasteiger partial charge in [-0.2, -0.15) is 0 Å². The third-order valence-corrected chi connectivity index (χ3v) is 2.90. The number of carbonyl (C=O) groups is 1. The van der Waals surface area contributed by atoms with Gasteiger partial charge < -0.3 is 0 Å². The molecule has 3 heteroatoms. The number of ketones is 1. The van der Waals surface area contributed by atoms with Gasteiger partial charge in [0, 0.05) is 12.3 Å². The lowest BCUT2D eigenvalue weighted by Gasteiger charge is -2.01. The van der Waals surface area contributed by atoms with Crippen LogP contribution in [0.1, 0.15) is 48.6 Å². The molecule has 1 rings (SSSR count). The highest BCUT2D eigenvalue weighted by atomic mass is 32.1. The Bertz CT molecular complexity index is 280. The number of hydrogen-bond acceptors (Lipinski definition) is 3. The lowest BCUT2D eigenvalue weighted by atomic mass is 10.1. The molecule has 1 aromatic rings. The highest BCUT2D eigenvalue weighted by molar-refractivity contribution is 7.11. The number of hydrogen-bond donors (Lipinski definition) is 0. The van der Waals surface area contributed by atoms with Crippen molar-refractivity contribution in [1.29, 1.82) is 0 Å². The van der Waals surface area contributed by atoms with Crippen LogP contribution >= 0.6 is 11.3 Å². The zero-order chi connectivity index (χ0) is 9.14. The summed E-state index contributed by atoms with van der Waals surface area (Å²) >= 11 is 1.44. The first-order valence-corrected chi connectivity index (χ1v) is 4.99. The zero-order valence-electron chi connectivity index (χ0n) is 7.63. The molecule has 0 aromatic carbocycles. The Hall–Kier alpha value is -0.700. The summed E-state index contributed by atoms with van der Waals surface area (Å²) in [5, 5.41) is 2.61. The molecule has 0 aliphatic carbocycles. The van der Waals surface area contributed by atoms with Crippen molar-refractivity contribution in [2.45, 2.75) is 33.1 Å². The van der Waals surface area contributed by atoms with Crippen LogP contribution in [0.25, 0.3) is 0 Å². The molecule has 0 aliphatic heterocycles. The summed E-state index contributed by atoms with van der Waals surface area (Å²) in [7, 11) is 0. The van der Waals surface area contributed by atoms with Gasteiger partial charge in [0.1, 0.15) is 0 Å². The van der Waals surface area contributed by atoms with E-state index in [1.165, 1.54) is 11.3 Å². The summed E-state index contributed by atoms with van der Waals surface area (Å²) in [6, 6.07) is 0. The van der Waals surface area contributed by atoms with E-state index in [2.05, 4.69) is 18.8 Å². The summed E-state index contributed by atoms with van der Waals surface area (Å²) in [5.74, 6) is 0.531. The minimum atomic E-state index is 0.0644. The minimum absolute atomic E-state index is 0.0644. The van der Waals surface area contributed by atoms with Gasteiger partial charge in [-0.25, -0.2) is 4.98 Å². The molecule has 66 valence electrons. The van der Waals surface area contributed by atoms with Crippen LogP contribution in [-0.2, 0) is 0 Å². The van der Waals surface area contributed by atoms with Gasteiger partial charge in [0.15, 0.2) is 10.8 Å². The molecule has 1 heterocycles. The number of Topliss-reactive ketones (excluding diaryl/α,β-unsaturated/α-hetero) is 1. The normalized spacial score (nSPS) is 12.9. The number of rotatable bonds is 3. The molecule has 0 saturated carbocycles. The first-order valence-electron chi connectivity index (χ1n) is 4.11. The van der Waals surface area contributed by atoms with Crippen molar-refractivity contribution >= 4 is 17.1 Å². The van der Waals surface area contributed by atoms with Crippen LogP contribution in [0.4, 0.5) is 0 Å². The van der Waals surface area contributed by atoms with Gasteiger partial charge in [0.05, 0.1) is 5.69 Å². The first kappa shape index (κ1) is 9.39. The van der Waals surface area contributed by atoms with Gasteiger partial charge in [-0.05, 0) is 12.3 Å². The first-order chi connectivity index (χ1) is 5.65. The van der Waals surface area contributed by atoms with Crippen LogP contribution in [0.5, 0.6) is 0 Å². The Morgan fingerprint density at radius 3 is 2.83 bits per heavy atom. The van der Waals surface area contributed by atoms with Gasteiger partial charge in [-0.15, -0.1) is 11.3 Å². The summed E-state index contributed by atoms with van der Waals surface area (Å²) in [6.07, 6.45) is 1.07. The number of aromatic nitrogens is 1. The monoisotopic (exact) mass is 183 g/mol. The lowest BCUT2D eigenvalue weighted by molar-refractivity contribution is 0.101. The second-order valence-electron chi connectivity index (χ2n) is 2.94. The molecule has 12 heavy (non-hydrogen) atoms. The van der Waals surface area contributed by atoms with Gasteiger partial charge in [-0.3, -0.25) is 4.79 Å². The molecule has 0 N–H and O–H groups in total. The van der Waals surface area contributed by atoms with Crippen molar-refractivity contribution in [3.8, 4) is 0 Å². The Kier molecular flexibility index (Phi) is 2.98. The van der Waals surface area contributed by atoms with E-state index in [1.54, 1.807) is 6.92 Å². The molecule has 0 aliphatic rings. The maximum Gasteiger partial charge on any atom is 0.188 e. The lowest BCUT2D eigenvalue weighted by Crippen LogP contribution is -1.94. The average Bonchev–Trinajstić information content (AvgIpc) is 2.51. The molecule has 0 amide bonds. The molecule has 0 spiro atoms. The second-order valence-corrected chi connectivity index (χ2v) is 3.80. The van der Waals surface area contributed by atoms with Gasteiger partial charge in [0.2, 0.25) is 0 Å². The van der Waals surface area contributed by atoms with Crippen LogP contribution in [0.15, 0.2) is 5.38 Å². The van der Waals surface area contributed by atoms with E-state index < -0.39 is 0 Å². The molecule has 2 nitrogen and oxygen atoms in total. The summed E-state index contributed by atoms with van der Waals surface area (Å²) < 4.78 is 0. The maximum atomic E-state index is 10.9. The molecule has 0 fully saturated rings. The van der Waals surface area contributed by atoms with Gasteiger partial charge in [-0.1, -0.05) is 13.8 Å². The van der Waals surface area contributed by atoms with Crippen molar-refractivity contribution in [1.82, 2.24) is 4.98 Å². The molecule has 1 aromatic heterocycles.